The lowest BCUT2D eigenvalue weighted by Gasteiger charge is -2.50. The van der Waals surface area contributed by atoms with Crippen molar-refractivity contribution in [1.82, 2.24) is 9.80 Å². The number of carbonyl (C=O) groups is 3. The highest BCUT2D eigenvalue weighted by Crippen LogP contribution is 2.52. The van der Waals surface area contributed by atoms with E-state index < -0.39 is 63.9 Å². The molecule has 0 heterocycles. The SMILES string of the molecule is CCN(Cc1ccccc1)Cc1cc(OC)c2c(c1F)C[C@H]1C[C@H]3[C@H](N(C)C)C(O)=C(C(N)=O)C(=O)[C@@]3(O)C(O)=C1C2=O. The average molecular weight is 594 g/mol. The largest absolute Gasteiger partial charge is 0.510 e. The molecule has 3 aliphatic rings. The Hall–Kier alpha value is -4.06. The van der Waals surface area contributed by atoms with Gasteiger partial charge in [-0.15, -0.1) is 0 Å². The van der Waals surface area contributed by atoms with Gasteiger partial charge in [0.2, 0.25) is 5.78 Å². The predicted octanol–water partition coefficient (Wildman–Crippen LogP) is 2.58. The van der Waals surface area contributed by atoms with Gasteiger partial charge in [-0.3, -0.25) is 24.2 Å². The quantitative estimate of drug-likeness (QED) is 0.338. The van der Waals surface area contributed by atoms with Gasteiger partial charge < -0.3 is 25.8 Å². The standard InChI is InChI=1S/C32H36FN3O7/c1-5-36(14-16-9-7-6-8-10-16)15-18-13-21(43-4)23-19(25(18)33)11-17-12-20-26(35(2)3)28(38)24(31(34)41)30(40)32(20,42)29(39)22(17)27(23)37/h6-10,13,17,20,26,38-39,42H,5,11-12,14-15H2,1-4H3,(H2,34,41)/t17-,20-,26-,32-/m0/s1. The topological polar surface area (TPSA) is 154 Å². The van der Waals surface area contributed by atoms with Gasteiger partial charge >= 0.3 is 0 Å². The number of likely N-dealkylation sites (N-methyl/N-ethyl adjacent to an activating group) is 1. The number of aliphatic hydroxyl groups excluding tert-OH is 2. The molecule has 0 radical (unpaired) electrons. The molecular formula is C32H36FN3O7. The third-order valence-electron chi connectivity index (χ3n) is 9.03. The Balaban J connectivity index is 1.60. The van der Waals surface area contributed by atoms with E-state index in [1.54, 1.807) is 14.1 Å². The molecule has 4 atom stereocenters. The van der Waals surface area contributed by atoms with Crippen molar-refractivity contribution in [3.63, 3.8) is 0 Å². The zero-order valence-corrected chi connectivity index (χ0v) is 24.6. The van der Waals surface area contributed by atoms with E-state index in [9.17, 15) is 29.7 Å². The summed E-state index contributed by atoms with van der Waals surface area (Å²) in [6.45, 7) is 3.45. The Morgan fingerprint density at radius 1 is 1.16 bits per heavy atom. The van der Waals surface area contributed by atoms with Crippen molar-refractivity contribution in [2.45, 2.75) is 44.5 Å². The lowest BCUT2D eigenvalue weighted by atomic mass is 9.58. The van der Waals surface area contributed by atoms with Crippen molar-refractivity contribution in [2.75, 3.05) is 27.7 Å². The average Bonchev–Trinajstić information content (AvgIpc) is 2.96. The molecule has 0 saturated carbocycles. The van der Waals surface area contributed by atoms with E-state index in [1.165, 1.54) is 18.1 Å². The summed E-state index contributed by atoms with van der Waals surface area (Å²) in [4.78, 5) is 43.1. The Labute approximate surface area is 248 Å². The summed E-state index contributed by atoms with van der Waals surface area (Å²) in [5.74, 6) is -7.26. The fraction of sp³-hybridized carbons (Fsp3) is 0.406. The maximum absolute atomic E-state index is 16.3. The number of ether oxygens (including phenoxy) is 1. The molecule has 0 aromatic heterocycles. The van der Waals surface area contributed by atoms with Crippen LogP contribution in [0.25, 0.3) is 0 Å². The van der Waals surface area contributed by atoms with Gasteiger partial charge in [-0.05, 0) is 51.0 Å². The van der Waals surface area contributed by atoms with E-state index in [0.717, 1.165) is 5.56 Å². The van der Waals surface area contributed by atoms with Crippen LogP contribution in [0, 0.1) is 17.7 Å². The van der Waals surface area contributed by atoms with E-state index in [1.807, 2.05) is 37.3 Å². The second kappa shape index (κ2) is 11.2. The van der Waals surface area contributed by atoms with Crippen LogP contribution in [0.15, 0.2) is 59.1 Å². The van der Waals surface area contributed by atoms with Crippen LogP contribution in [0.3, 0.4) is 0 Å². The van der Waals surface area contributed by atoms with Crippen LogP contribution in [0.4, 0.5) is 4.39 Å². The van der Waals surface area contributed by atoms with Gasteiger partial charge in [0.05, 0.1) is 18.7 Å². The van der Waals surface area contributed by atoms with Crippen LogP contribution in [0.5, 0.6) is 5.75 Å². The molecular weight excluding hydrogens is 557 g/mol. The maximum Gasteiger partial charge on any atom is 0.255 e. The first-order valence-corrected chi connectivity index (χ1v) is 14.2. The first kappa shape index (κ1) is 30.4. The van der Waals surface area contributed by atoms with Gasteiger partial charge in [-0.1, -0.05) is 37.3 Å². The van der Waals surface area contributed by atoms with Gasteiger partial charge in [0.25, 0.3) is 5.91 Å². The molecule has 0 fully saturated rings. The summed E-state index contributed by atoms with van der Waals surface area (Å²) in [5, 5.41) is 34.1. The minimum Gasteiger partial charge on any atom is -0.510 e. The highest BCUT2D eigenvalue weighted by molar-refractivity contribution is 6.24. The van der Waals surface area contributed by atoms with Crippen molar-refractivity contribution in [3.05, 3.63) is 87.1 Å². The van der Waals surface area contributed by atoms with Gasteiger partial charge in [-0.25, -0.2) is 4.39 Å². The fourth-order valence-electron chi connectivity index (χ4n) is 6.97. The minimum absolute atomic E-state index is 0.0185. The maximum atomic E-state index is 16.3. The van der Waals surface area contributed by atoms with E-state index >= 15 is 4.39 Å². The number of methoxy groups -OCH3 is 1. The molecule has 0 saturated heterocycles. The van der Waals surface area contributed by atoms with Crippen molar-refractivity contribution in [1.29, 1.82) is 0 Å². The molecule has 0 spiro atoms. The first-order chi connectivity index (χ1) is 20.4. The number of primary amides is 1. The van der Waals surface area contributed by atoms with Gasteiger partial charge in [0.15, 0.2) is 11.4 Å². The number of fused-ring (bicyclic) bond motifs is 3. The van der Waals surface area contributed by atoms with E-state index in [-0.39, 0.29) is 41.8 Å². The molecule has 5 rings (SSSR count). The van der Waals surface area contributed by atoms with Crippen LogP contribution >= 0.6 is 0 Å². The summed E-state index contributed by atoms with van der Waals surface area (Å²) in [6, 6.07) is 10.2. The van der Waals surface area contributed by atoms with Crippen molar-refractivity contribution >= 4 is 17.5 Å². The zero-order valence-electron chi connectivity index (χ0n) is 24.6. The molecule has 0 bridgehead atoms. The molecule has 2 aromatic carbocycles. The molecule has 10 nitrogen and oxygen atoms in total. The monoisotopic (exact) mass is 593 g/mol. The summed E-state index contributed by atoms with van der Waals surface area (Å²) < 4.78 is 21.8. The second-order valence-corrected chi connectivity index (χ2v) is 11.7. The van der Waals surface area contributed by atoms with Crippen LogP contribution in [-0.2, 0) is 29.1 Å². The van der Waals surface area contributed by atoms with Crippen LogP contribution < -0.4 is 10.5 Å². The normalized spacial score (nSPS) is 25.2. The van der Waals surface area contributed by atoms with E-state index in [0.29, 0.717) is 18.7 Å². The highest BCUT2D eigenvalue weighted by atomic mass is 19.1. The first-order valence-electron chi connectivity index (χ1n) is 14.2. The van der Waals surface area contributed by atoms with Crippen LogP contribution in [-0.4, -0.2) is 82.0 Å². The molecule has 228 valence electrons. The molecule has 0 unspecified atom stereocenters. The molecule has 5 N–H and O–H groups in total. The smallest absolute Gasteiger partial charge is 0.255 e. The summed E-state index contributed by atoms with van der Waals surface area (Å²) in [5.41, 5.74) is 3.05. The van der Waals surface area contributed by atoms with Crippen molar-refractivity contribution < 1.29 is 38.8 Å². The number of benzene rings is 2. The predicted molar refractivity (Wildman–Crippen MR) is 155 cm³/mol. The molecule has 11 heteroatoms. The second-order valence-electron chi connectivity index (χ2n) is 11.7. The number of halogens is 1. The summed E-state index contributed by atoms with van der Waals surface area (Å²) >= 11 is 0. The molecule has 0 aliphatic heterocycles. The highest BCUT2D eigenvalue weighted by Gasteiger charge is 2.63. The number of carbonyl (C=O) groups excluding carboxylic acids is 3. The van der Waals surface area contributed by atoms with Gasteiger partial charge in [0.1, 0.15) is 28.7 Å². The van der Waals surface area contributed by atoms with Crippen LogP contribution in [0.1, 0.15) is 40.4 Å². The number of aliphatic hydroxyl groups is 3. The Kier molecular flexibility index (Phi) is 7.93. The lowest BCUT2D eigenvalue weighted by Crippen LogP contribution is -2.63. The fourth-order valence-corrected chi connectivity index (χ4v) is 6.97. The minimum atomic E-state index is -2.70. The van der Waals surface area contributed by atoms with Gasteiger partial charge in [-0.2, -0.15) is 0 Å². The van der Waals surface area contributed by atoms with Crippen molar-refractivity contribution in [3.8, 4) is 5.75 Å². The molecule has 1 amide bonds. The number of rotatable bonds is 8. The van der Waals surface area contributed by atoms with Gasteiger partial charge in [0, 0.05) is 35.7 Å². The summed E-state index contributed by atoms with van der Waals surface area (Å²) in [6.07, 6.45) is -0.0811. The number of Topliss-reactive ketones (excluding diaryl/α,β-unsaturated/α-hetero) is 2. The number of nitrogens with two attached hydrogens (primary N) is 1. The number of amides is 1. The third-order valence-corrected chi connectivity index (χ3v) is 9.03. The molecule has 3 aliphatic carbocycles. The number of allylic oxidation sites excluding steroid dienone is 1. The summed E-state index contributed by atoms with van der Waals surface area (Å²) in [7, 11) is 4.49. The number of hydrogen-bond acceptors (Lipinski definition) is 9. The molecule has 2 aromatic rings. The number of nitrogens with zero attached hydrogens (tertiary/aromatic N) is 2. The van der Waals surface area contributed by atoms with Crippen molar-refractivity contribution in [2.24, 2.45) is 17.6 Å². The number of ketones is 2. The lowest BCUT2D eigenvalue weighted by molar-refractivity contribution is -0.148. The Morgan fingerprint density at radius 3 is 2.42 bits per heavy atom. The number of hydrogen-bond donors (Lipinski definition) is 4. The Morgan fingerprint density at radius 2 is 1.84 bits per heavy atom. The van der Waals surface area contributed by atoms with Crippen LogP contribution in [0.2, 0.25) is 0 Å². The Bertz CT molecular complexity index is 1570. The zero-order chi connectivity index (χ0) is 31.4. The molecule has 43 heavy (non-hydrogen) atoms. The van der Waals surface area contributed by atoms with E-state index in [4.69, 9.17) is 10.5 Å². The third kappa shape index (κ3) is 4.72. The van der Waals surface area contributed by atoms with E-state index in [2.05, 4.69) is 4.90 Å².